The Morgan fingerprint density at radius 2 is 1.60 bits per heavy atom. The Balaban J connectivity index is 0.00000105. The van der Waals surface area contributed by atoms with Gasteiger partial charge in [0, 0.05) is 25.5 Å². The van der Waals surface area contributed by atoms with Gasteiger partial charge < -0.3 is 40.7 Å². The van der Waals surface area contributed by atoms with Gasteiger partial charge in [-0.25, -0.2) is 14.5 Å². The Labute approximate surface area is 373 Å². The molecule has 0 aliphatic carbocycles. The topological polar surface area (TPSA) is 223 Å². The van der Waals surface area contributed by atoms with Gasteiger partial charge in [0.1, 0.15) is 42.6 Å². The fourth-order valence-corrected chi connectivity index (χ4v) is 7.10. The molecule has 4 heterocycles. The van der Waals surface area contributed by atoms with Gasteiger partial charge in [0.05, 0.1) is 17.8 Å². The zero-order chi connectivity index (χ0) is 47.6. The van der Waals surface area contributed by atoms with Crippen molar-refractivity contribution in [3.63, 3.8) is 0 Å². The molecule has 3 aliphatic rings. The number of aliphatic carboxylic acids is 1. The highest BCUT2D eigenvalue weighted by atomic mass is 19.4. The fraction of sp³-hybridized carbons (Fsp3) is 0.422. The maximum atomic E-state index is 14.4. The Morgan fingerprint density at radius 3 is 2.23 bits per heavy atom. The summed E-state index contributed by atoms with van der Waals surface area (Å²) in [4.78, 5) is 83.6. The molecule has 0 fully saturated rings. The quantitative estimate of drug-likeness (QED) is 0.178. The number of carboxylic acids is 1. The van der Waals surface area contributed by atoms with Gasteiger partial charge in [-0.15, -0.1) is 0 Å². The maximum Gasteiger partial charge on any atom is 0.490 e. The lowest BCUT2D eigenvalue weighted by Gasteiger charge is -2.28. The third kappa shape index (κ3) is 13.8. The Bertz CT molecular complexity index is 2340. The van der Waals surface area contributed by atoms with Crippen molar-refractivity contribution in [1.29, 1.82) is 0 Å². The average molecular weight is 907 g/mol. The largest absolute Gasteiger partial charge is 0.491 e. The summed E-state index contributed by atoms with van der Waals surface area (Å²) < 4.78 is 44.9. The van der Waals surface area contributed by atoms with E-state index in [0.29, 0.717) is 35.3 Å². The van der Waals surface area contributed by atoms with Gasteiger partial charge in [0.2, 0.25) is 17.7 Å². The number of ether oxygens (including phenoxy) is 2. The van der Waals surface area contributed by atoms with Crippen molar-refractivity contribution in [1.82, 2.24) is 36.0 Å². The standard InChI is InChI=1S/C43H52N8O7.C2HF3O2/c1-25(2)18-31-23-57-32-15-12-29(13-16-32)20-33(46-41(54)30-14-17-36-35(21-30)50(6)38(53)24-58-36)42(55)47-34(19-28-10-8-7-9-11-28)43(56)48-39(26(3)4)40-44-27(5)49-51(40)22-37(52)45-31;3-2(4,5)1(6)7/h7-17,21,25-26,31,33-34,39H,18-20,22-24H2,1-6H3,(H,45,52)(H,46,54)(H,47,55)(H,48,56);(H,6,7)/t31-,33+,34-,39-;/m0./s1. The van der Waals surface area contributed by atoms with E-state index in [1.54, 1.807) is 44.3 Å². The second-order valence-corrected chi connectivity index (χ2v) is 16.5. The molecule has 4 aromatic rings. The molecule has 20 heteroatoms. The number of carbonyl (C=O) groups is 6. The van der Waals surface area contributed by atoms with Crippen LogP contribution >= 0.6 is 0 Å². The van der Waals surface area contributed by atoms with Crippen LogP contribution < -0.4 is 35.6 Å². The third-order valence-electron chi connectivity index (χ3n) is 10.4. The van der Waals surface area contributed by atoms with E-state index in [9.17, 15) is 37.1 Å². The van der Waals surface area contributed by atoms with E-state index in [0.717, 1.165) is 11.1 Å². The Kier molecular flexibility index (Phi) is 16.3. The summed E-state index contributed by atoms with van der Waals surface area (Å²) in [5.41, 5.74) is 2.17. The van der Waals surface area contributed by atoms with Crippen molar-refractivity contribution in [2.45, 2.75) is 90.8 Å². The zero-order valence-corrected chi connectivity index (χ0v) is 36.8. The van der Waals surface area contributed by atoms with Crippen molar-refractivity contribution >= 4 is 41.2 Å². The van der Waals surface area contributed by atoms with Crippen LogP contribution in [-0.4, -0.2) is 99.9 Å². The summed E-state index contributed by atoms with van der Waals surface area (Å²) in [5.74, 6) is -2.96. The van der Waals surface area contributed by atoms with Crippen molar-refractivity contribution in [2.24, 2.45) is 11.8 Å². The number of likely N-dealkylation sites (N-methyl/N-ethyl adjacent to an activating group) is 1. The van der Waals surface area contributed by atoms with Crippen LogP contribution in [0.3, 0.4) is 0 Å². The first-order valence-electron chi connectivity index (χ1n) is 20.9. The molecule has 0 unspecified atom stereocenters. The molecule has 0 radical (unpaired) electrons. The number of hydrogen-bond acceptors (Lipinski definition) is 10. The van der Waals surface area contributed by atoms with E-state index in [-0.39, 0.29) is 67.9 Å². The molecule has 0 saturated carbocycles. The number of nitrogens with zero attached hydrogens (tertiary/aromatic N) is 4. The average Bonchev–Trinajstić information content (AvgIpc) is 3.60. The number of aromatic nitrogens is 3. The lowest BCUT2D eigenvalue weighted by molar-refractivity contribution is -0.192. The summed E-state index contributed by atoms with van der Waals surface area (Å²) in [6, 6.07) is 18.0. The van der Waals surface area contributed by atoms with Gasteiger partial charge in [-0.05, 0) is 66.6 Å². The fourth-order valence-electron chi connectivity index (χ4n) is 7.10. The van der Waals surface area contributed by atoms with Crippen molar-refractivity contribution in [3.8, 4) is 11.5 Å². The lowest BCUT2D eigenvalue weighted by atomic mass is 9.99. The third-order valence-corrected chi connectivity index (χ3v) is 10.4. The van der Waals surface area contributed by atoms with E-state index >= 15 is 0 Å². The number of halogens is 3. The molecule has 7 rings (SSSR count). The monoisotopic (exact) mass is 906 g/mol. The van der Waals surface area contributed by atoms with E-state index in [1.807, 2.05) is 56.3 Å². The predicted octanol–water partition coefficient (Wildman–Crippen LogP) is 4.08. The number of carbonyl (C=O) groups excluding carboxylic acids is 5. The molecule has 1 aromatic heterocycles. The van der Waals surface area contributed by atoms with Crippen LogP contribution in [0.1, 0.15) is 73.3 Å². The molecule has 65 heavy (non-hydrogen) atoms. The Morgan fingerprint density at radius 1 is 0.923 bits per heavy atom. The molecule has 4 atom stereocenters. The van der Waals surface area contributed by atoms with Gasteiger partial charge in [-0.1, -0.05) is 70.2 Å². The van der Waals surface area contributed by atoms with E-state index in [1.165, 1.54) is 9.58 Å². The number of anilines is 1. The van der Waals surface area contributed by atoms with Crippen LogP contribution in [0.25, 0.3) is 0 Å². The molecule has 17 nitrogen and oxygen atoms in total. The SMILES string of the molecule is Cc1nc2n(n1)CC(=O)N[C@@H](CC(C)C)COc1ccc(cc1)C[C@@H](NC(=O)c1ccc3c(c1)N(C)C(=O)CO3)C(=O)N[C@@H](Cc1ccccc1)C(=O)N[C@H]2C(C)C.O=C(O)C(F)(F)F. The Hall–Kier alpha value is -6.99. The summed E-state index contributed by atoms with van der Waals surface area (Å²) in [6.07, 6.45) is -4.19. The summed E-state index contributed by atoms with van der Waals surface area (Å²) >= 11 is 0. The van der Waals surface area contributed by atoms with Crippen LogP contribution in [0.4, 0.5) is 18.9 Å². The second kappa shape index (κ2) is 21.6. The second-order valence-electron chi connectivity index (χ2n) is 16.5. The number of aryl methyl sites for hydroxylation is 1. The highest BCUT2D eigenvalue weighted by molar-refractivity contribution is 6.02. The minimum atomic E-state index is -5.08. The van der Waals surface area contributed by atoms with Crippen molar-refractivity contribution in [2.75, 3.05) is 25.2 Å². The molecular formula is C45H53F3N8O9. The molecule has 0 saturated heterocycles. The lowest BCUT2D eigenvalue weighted by Crippen LogP contribution is -2.55. The van der Waals surface area contributed by atoms with Crippen LogP contribution in [-0.2, 0) is 43.4 Å². The van der Waals surface area contributed by atoms with E-state index in [2.05, 4.69) is 45.2 Å². The minimum Gasteiger partial charge on any atom is -0.491 e. The number of fused-ring (bicyclic) bond motifs is 15. The highest BCUT2D eigenvalue weighted by Gasteiger charge is 2.38. The van der Waals surface area contributed by atoms with Gasteiger partial charge in [-0.3, -0.25) is 24.0 Å². The molecular weight excluding hydrogens is 854 g/mol. The zero-order valence-electron chi connectivity index (χ0n) is 36.8. The highest BCUT2D eigenvalue weighted by Crippen LogP contribution is 2.32. The summed E-state index contributed by atoms with van der Waals surface area (Å²) in [6.45, 7) is 9.70. The van der Waals surface area contributed by atoms with Crippen LogP contribution in [0.2, 0.25) is 0 Å². The molecule has 5 amide bonds. The molecule has 5 N–H and O–H groups in total. The van der Waals surface area contributed by atoms with Gasteiger partial charge in [-0.2, -0.15) is 18.3 Å². The van der Waals surface area contributed by atoms with Gasteiger partial charge in [0.25, 0.3) is 11.8 Å². The molecule has 3 aliphatic heterocycles. The van der Waals surface area contributed by atoms with E-state index < -0.39 is 48.0 Å². The first-order valence-corrected chi connectivity index (χ1v) is 20.9. The molecule has 348 valence electrons. The van der Waals surface area contributed by atoms with Crippen molar-refractivity contribution < 1.29 is 56.5 Å². The van der Waals surface area contributed by atoms with Crippen molar-refractivity contribution in [3.05, 3.63) is 101 Å². The van der Waals surface area contributed by atoms with Gasteiger partial charge in [0.15, 0.2) is 12.4 Å². The number of amides is 5. The number of hydrogen-bond donors (Lipinski definition) is 5. The number of nitrogens with one attached hydrogen (secondary N) is 4. The summed E-state index contributed by atoms with van der Waals surface area (Å²) in [5, 5.41) is 23.7. The first-order chi connectivity index (χ1) is 30.7. The smallest absolute Gasteiger partial charge is 0.490 e. The van der Waals surface area contributed by atoms with E-state index in [4.69, 9.17) is 19.4 Å². The van der Waals surface area contributed by atoms with Crippen LogP contribution in [0.5, 0.6) is 11.5 Å². The maximum absolute atomic E-state index is 14.4. The molecule has 0 spiro atoms. The van der Waals surface area contributed by atoms with Crippen LogP contribution in [0, 0.1) is 18.8 Å². The van der Waals surface area contributed by atoms with Gasteiger partial charge >= 0.3 is 12.1 Å². The number of rotatable bonds is 7. The number of benzene rings is 3. The minimum absolute atomic E-state index is 0.0764. The normalized spacial score (nSPS) is 19.6. The first kappa shape index (κ1) is 49.0. The number of carboxylic acid groups (broad SMARTS) is 1. The molecule has 3 aromatic carbocycles. The summed E-state index contributed by atoms with van der Waals surface area (Å²) in [7, 11) is 1.61. The predicted molar refractivity (Wildman–Crippen MR) is 230 cm³/mol. The van der Waals surface area contributed by atoms with Crippen LogP contribution in [0.15, 0.2) is 72.8 Å². The number of alkyl halides is 3. The molecule has 2 bridgehead atoms.